The van der Waals surface area contributed by atoms with Crippen molar-refractivity contribution in [2.75, 3.05) is 0 Å². The summed E-state index contributed by atoms with van der Waals surface area (Å²) < 4.78 is 0. The Morgan fingerprint density at radius 1 is 1.41 bits per heavy atom. The van der Waals surface area contributed by atoms with Crippen molar-refractivity contribution >= 4 is 11.6 Å². The number of hydrogen-bond donors (Lipinski definition) is 1. The third kappa shape index (κ3) is 3.12. The summed E-state index contributed by atoms with van der Waals surface area (Å²) in [7, 11) is 0. The molecule has 1 heterocycles. The highest BCUT2D eigenvalue weighted by Gasteiger charge is 2.16. The van der Waals surface area contributed by atoms with Gasteiger partial charge in [-0.05, 0) is 37.3 Å². The molecule has 1 aliphatic rings. The molecule has 1 amide bonds. The summed E-state index contributed by atoms with van der Waals surface area (Å²) in [5.41, 5.74) is 4.32. The number of nitrogens with zero attached hydrogens (tertiary/aromatic N) is 2. The monoisotopic (exact) mass is 231 g/mol. The largest absolute Gasteiger partial charge is 0.271 e. The fraction of sp³-hybridized carbons (Fsp3) is 0.462. The topological polar surface area (TPSA) is 54.4 Å². The van der Waals surface area contributed by atoms with Crippen LogP contribution in [-0.2, 0) is 0 Å². The van der Waals surface area contributed by atoms with E-state index in [1.165, 1.54) is 19.3 Å². The van der Waals surface area contributed by atoms with Gasteiger partial charge in [-0.2, -0.15) is 5.10 Å². The van der Waals surface area contributed by atoms with Gasteiger partial charge in [-0.15, -0.1) is 0 Å². The average molecular weight is 231 g/mol. The number of amides is 1. The molecule has 1 aromatic heterocycles. The van der Waals surface area contributed by atoms with Gasteiger partial charge >= 0.3 is 0 Å². The second-order valence-electron chi connectivity index (χ2n) is 4.43. The van der Waals surface area contributed by atoms with Crippen LogP contribution in [0.15, 0.2) is 29.6 Å². The van der Waals surface area contributed by atoms with Crippen LogP contribution in [0, 0.1) is 5.92 Å². The Balaban J connectivity index is 1.97. The number of carbonyl (C=O) groups is 1. The van der Waals surface area contributed by atoms with Gasteiger partial charge in [-0.25, -0.2) is 5.43 Å². The van der Waals surface area contributed by atoms with E-state index in [1.807, 2.05) is 0 Å². The summed E-state index contributed by atoms with van der Waals surface area (Å²) in [4.78, 5) is 15.6. The molecule has 1 saturated carbocycles. The Morgan fingerprint density at radius 2 is 2.18 bits per heavy atom. The van der Waals surface area contributed by atoms with Crippen LogP contribution >= 0.6 is 0 Å². The minimum Gasteiger partial charge on any atom is -0.267 e. The van der Waals surface area contributed by atoms with E-state index in [9.17, 15) is 4.79 Å². The van der Waals surface area contributed by atoms with Crippen LogP contribution in [0.1, 0.15) is 43.0 Å². The predicted octanol–water partition coefficient (Wildman–Crippen LogP) is 2.38. The Bertz CT molecular complexity index is 414. The number of rotatable bonds is 2. The molecule has 1 aliphatic carbocycles. The maximum atomic E-state index is 11.7. The first-order valence-electron chi connectivity index (χ1n) is 6.04. The zero-order valence-corrected chi connectivity index (χ0v) is 10.0. The van der Waals surface area contributed by atoms with E-state index in [0.29, 0.717) is 11.5 Å². The van der Waals surface area contributed by atoms with E-state index in [0.717, 1.165) is 12.1 Å². The first-order chi connectivity index (χ1) is 8.27. The van der Waals surface area contributed by atoms with Gasteiger partial charge in [0.05, 0.1) is 0 Å². The molecule has 4 nitrogen and oxygen atoms in total. The molecule has 1 atom stereocenters. The lowest BCUT2D eigenvalue weighted by atomic mass is 9.89. The van der Waals surface area contributed by atoms with Crippen LogP contribution in [-0.4, -0.2) is 16.6 Å². The van der Waals surface area contributed by atoms with E-state index in [-0.39, 0.29) is 5.91 Å². The van der Waals surface area contributed by atoms with Crippen molar-refractivity contribution in [3.8, 4) is 0 Å². The SMILES string of the molecule is CC1CCCCC1=NNC(=O)c1ccncc1. The highest BCUT2D eigenvalue weighted by atomic mass is 16.2. The molecule has 1 fully saturated rings. The van der Waals surface area contributed by atoms with Crippen molar-refractivity contribution in [2.24, 2.45) is 11.0 Å². The quantitative estimate of drug-likeness (QED) is 0.794. The van der Waals surface area contributed by atoms with Gasteiger partial charge < -0.3 is 0 Å². The van der Waals surface area contributed by atoms with E-state index in [2.05, 4.69) is 22.4 Å². The van der Waals surface area contributed by atoms with Crippen molar-refractivity contribution in [1.29, 1.82) is 0 Å². The number of pyridine rings is 1. The Kier molecular flexibility index (Phi) is 3.85. The van der Waals surface area contributed by atoms with Crippen molar-refractivity contribution in [3.63, 3.8) is 0 Å². The Hall–Kier alpha value is -1.71. The molecule has 1 unspecified atom stereocenters. The lowest BCUT2D eigenvalue weighted by Gasteiger charge is -2.19. The number of aromatic nitrogens is 1. The third-order valence-electron chi connectivity index (χ3n) is 3.13. The summed E-state index contributed by atoms with van der Waals surface area (Å²) in [6.45, 7) is 2.16. The maximum Gasteiger partial charge on any atom is 0.271 e. The zero-order valence-electron chi connectivity index (χ0n) is 10.0. The second-order valence-corrected chi connectivity index (χ2v) is 4.43. The number of hydrogen-bond acceptors (Lipinski definition) is 3. The number of carbonyl (C=O) groups excluding carboxylic acids is 1. The van der Waals surface area contributed by atoms with E-state index in [1.54, 1.807) is 24.5 Å². The number of nitrogens with one attached hydrogen (secondary N) is 1. The van der Waals surface area contributed by atoms with Gasteiger partial charge in [-0.1, -0.05) is 13.3 Å². The molecule has 0 bridgehead atoms. The van der Waals surface area contributed by atoms with Crippen molar-refractivity contribution < 1.29 is 4.79 Å². The van der Waals surface area contributed by atoms with Gasteiger partial charge in [0.25, 0.3) is 5.91 Å². The van der Waals surface area contributed by atoms with Crippen LogP contribution in [0.2, 0.25) is 0 Å². The van der Waals surface area contributed by atoms with Crippen LogP contribution in [0.3, 0.4) is 0 Å². The summed E-state index contributed by atoms with van der Waals surface area (Å²) >= 11 is 0. The van der Waals surface area contributed by atoms with E-state index < -0.39 is 0 Å². The first kappa shape index (κ1) is 11.8. The second kappa shape index (κ2) is 5.57. The molecule has 0 saturated heterocycles. The van der Waals surface area contributed by atoms with Gasteiger partial charge in [0.15, 0.2) is 0 Å². The van der Waals surface area contributed by atoms with Gasteiger partial charge in [0.2, 0.25) is 0 Å². The highest BCUT2D eigenvalue weighted by Crippen LogP contribution is 2.20. The van der Waals surface area contributed by atoms with Crippen LogP contribution in [0.4, 0.5) is 0 Å². The van der Waals surface area contributed by atoms with E-state index >= 15 is 0 Å². The van der Waals surface area contributed by atoms with Crippen molar-refractivity contribution in [2.45, 2.75) is 32.6 Å². The molecular weight excluding hydrogens is 214 g/mol. The first-order valence-corrected chi connectivity index (χ1v) is 6.04. The summed E-state index contributed by atoms with van der Waals surface area (Å²) in [5.74, 6) is 0.319. The molecule has 0 aliphatic heterocycles. The molecule has 0 radical (unpaired) electrons. The molecule has 1 aromatic rings. The maximum absolute atomic E-state index is 11.7. The minimum absolute atomic E-state index is 0.169. The van der Waals surface area contributed by atoms with Crippen LogP contribution in [0.5, 0.6) is 0 Å². The predicted molar refractivity (Wildman–Crippen MR) is 66.8 cm³/mol. The van der Waals surface area contributed by atoms with Gasteiger partial charge in [0, 0.05) is 23.7 Å². The molecule has 0 aromatic carbocycles. The molecule has 4 heteroatoms. The lowest BCUT2D eigenvalue weighted by molar-refractivity contribution is 0.0954. The fourth-order valence-electron chi connectivity index (χ4n) is 2.03. The highest BCUT2D eigenvalue weighted by molar-refractivity contribution is 5.95. The normalized spacial score (nSPS) is 22.4. The molecule has 1 N–H and O–H groups in total. The summed E-state index contributed by atoms with van der Waals surface area (Å²) in [5, 5.41) is 4.24. The molecular formula is C13H17N3O. The van der Waals surface area contributed by atoms with Crippen molar-refractivity contribution in [3.05, 3.63) is 30.1 Å². The van der Waals surface area contributed by atoms with E-state index in [4.69, 9.17) is 0 Å². The molecule has 17 heavy (non-hydrogen) atoms. The Labute approximate surface area is 101 Å². The Morgan fingerprint density at radius 3 is 2.88 bits per heavy atom. The zero-order chi connectivity index (χ0) is 12.1. The standard InChI is InChI=1S/C13H17N3O/c1-10-4-2-3-5-12(10)15-16-13(17)11-6-8-14-9-7-11/h6-10H,2-5H2,1H3,(H,16,17). The fourth-order valence-corrected chi connectivity index (χ4v) is 2.03. The number of hydrazone groups is 1. The average Bonchev–Trinajstić information content (AvgIpc) is 2.38. The third-order valence-corrected chi connectivity index (χ3v) is 3.13. The van der Waals surface area contributed by atoms with Crippen LogP contribution in [0.25, 0.3) is 0 Å². The van der Waals surface area contributed by atoms with Gasteiger partial charge in [-0.3, -0.25) is 9.78 Å². The summed E-state index contributed by atoms with van der Waals surface area (Å²) in [6, 6.07) is 3.36. The molecule has 2 rings (SSSR count). The smallest absolute Gasteiger partial charge is 0.267 e. The molecule has 90 valence electrons. The van der Waals surface area contributed by atoms with Gasteiger partial charge in [0.1, 0.15) is 0 Å². The summed E-state index contributed by atoms with van der Waals surface area (Å²) in [6.07, 6.45) is 7.81. The lowest BCUT2D eigenvalue weighted by Crippen LogP contribution is -2.24. The minimum atomic E-state index is -0.169. The van der Waals surface area contributed by atoms with Crippen LogP contribution < -0.4 is 5.43 Å². The molecule has 0 spiro atoms. The van der Waals surface area contributed by atoms with Crippen molar-refractivity contribution in [1.82, 2.24) is 10.4 Å².